The first-order chi connectivity index (χ1) is 10.1. The van der Waals surface area contributed by atoms with Crippen LogP contribution in [0.15, 0.2) is 6.07 Å². The van der Waals surface area contributed by atoms with E-state index in [2.05, 4.69) is 0 Å². The summed E-state index contributed by atoms with van der Waals surface area (Å²) in [4.78, 5) is 26.3. The van der Waals surface area contributed by atoms with Crippen LogP contribution in [0.2, 0.25) is 0 Å². The van der Waals surface area contributed by atoms with Gasteiger partial charge in [0.15, 0.2) is 11.5 Å². The number of carbonyl (C=O) groups is 2. The minimum Gasteiger partial charge on any atom is -0.482 e. The molecule has 5 nitrogen and oxygen atoms in total. The van der Waals surface area contributed by atoms with E-state index in [1.165, 1.54) is 11.3 Å². The first kappa shape index (κ1) is 15.8. The molecule has 2 rings (SSSR count). The number of carboxylic acid groups (broad SMARTS) is 1. The number of carbonyl (C=O) groups excluding carboxylic acids is 1. The summed E-state index contributed by atoms with van der Waals surface area (Å²) in [5, 5.41) is 9.16. The SMILES string of the molecule is CCc1cc(OCC(=O)N2CCCCCC2)c(C(=O)O)s1. The van der Waals surface area contributed by atoms with Crippen molar-refractivity contribution < 1.29 is 19.4 Å². The predicted molar refractivity (Wildman–Crippen MR) is 81.2 cm³/mol. The molecule has 2 heterocycles. The monoisotopic (exact) mass is 311 g/mol. The molecule has 0 radical (unpaired) electrons. The van der Waals surface area contributed by atoms with E-state index in [1.54, 1.807) is 6.07 Å². The highest BCUT2D eigenvalue weighted by molar-refractivity contribution is 7.14. The molecular weight excluding hydrogens is 290 g/mol. The van der Waals surface area contributed by atoms with Gasteiger partial charge in [-0.25, -0.2) is 4.79 Å². The molecule has 0 bridgehead atoms. The Morgan fingerprint density at radius 2 is 1.95 bits per heavy atom. The predicted octanol–water partition coefficient (Wildman–Crippen LogP) is 2.79. The summed E-state index contributed by atoms with van der Waals surface area (Å²) in [6.07, 6.45) is 5.15. The van der Waals surface area contributed by atoms with Gasteiger partial charge in [0, 0.05) is 18.0 Å². The van der Waals surface area contributed by atoms with E-state index in [9.17, 15) is 9.59 Å². The van der Waals surface area contributed by atoms with Gasteiger partial charge in [0.2, 0.25) is 0 Å². The lowest BCUT2D eigenvalue weighted by atomic mass is 10.2. The second-order valence-corrected chi connectivity index (χ2v) is 6.29. The number of amides is 1. The average molecular weight is 311 g/mol. The molecule has 1 saturated heterocycles. The third-order valence-electron chi connectivity index (χ3n) is 3.60. The van der Waals surface area contributed by atoms with Crippen LogP contribution in [0.3, 0.4) is 0 Å². The molecule has 1 aliphatic heterocycles. The van der Waals surface area contributed by atoms with Crippen LogP contribution < -0.4 is 4.74 Å². The summed E-state index contributed by atoms with van der Waals surface area (Å²) in [6.45, 7) is 3.43. The van der Waals surface area contributed by atoms with Crippen LogP contribution in [0, 0.1) is 0 Å². The van der Waals surface area contributed by atoms with E-state index in [1.807, 2.05) is 11.8 Å². The van der Waals surface area contributed by atoms with Crippen LogP contribution in [0.4, 0.5) is 0 Å². The molecule has 116 valence electrons. The highest BCUT2D eigenvalue weighted by Gasteiger charge is 2.20. The molecule has 1 amide bonds. The van der Waals surface area contributed by atoms with Gasteiger partial charge in [-0.2, -0.15) is 0 Å². The second-order valence-electron chi connectivity index (χ2n) is 5.15. The summed E-state index contributed by atoms with van der Waals surface area (Å²) in [6, 6.07) is 1.73. The molecule has 0 saturated carbocycles. The minimum absolute atomic E-state index is 0.0579. The summed E-state index contributed by atoms with van der Waals surface area (Å²) < 4.78 is 5.48. The number of ether oxygens (including phenoxy) is 1. The van der Waals surface area contributed by atoms with Crippen LogP contribution in [-0.4, -0.2) is 41.6 Å². The van der Waals surface area contributed by atoms with Crippen molar-refractivity contribution in [1.82, 2.24) is 4.90 Å². The Kier molecular flexibility index (Phi) is 5.61. The van der Waals surface area contributed by atoms with Crippen molar-refractivity contribution in [3.8, 4) is 5.75 Å². The van der Waals surface area contributed by atoms with Crippen LogP contribution in [0.1, 0.15) is 47.2 Å². The normalized spacial score (nSPS) is 15.6. The Hall–Kier alpha value is -1.56. The van der Waals surface area contributed by atoms with Crippen molar-refractivity contribution in [2.45, 2.75) is 39.0 Å². The summed E-state index contributed by atoms with van der Waals surface area (Å²) in [5.41, 5.74) is 0. The number of hydrogen-bond donors (Lipinski definition) is 1. The van der Waals surface area contributed by atoms with E-state index in [-0.39, 0.29) is 17.4 Å². The first-order valence-electron chi connectivity index (χ1n) is 7.38. The fourth-order valence-corrected chi connectivity index (χ4v) is 3.28. The maximum Gasteiger partial charge on any atom is 0.349 e. The highest BCUT2D eigenvalue weighted by Crippen LogP contribution is 2.29. The van der Waals surface area contributed by atoms with Crippen molar-refractivity contribution >= 4 is 23.2 Å². The quantitative estimate of drug-likeness (QED) is 0.908. The van der Waals surface area contributed by atoms with E-state index < -0.39 is 5.97 Å². The van der Waals surface area contributed by atoms with Gasteiger partial charge in [-0.3, -0.25) is 4.79 Å². The van der Waals surface area contributed by atoms with Crippen LogP contribution in [0.25, 0.3) is 0 Å². The zero-order valence-corrected chi connectivity index (χ0v) is 13.1. The van der Waals surface area contributed by atoms with Gasteiger partial charge >= 0.3 is 5.97 Å². The van der Waals surface area contributed by atoms with Gasteiger partial charge in [0.1, 0.15) is 5.75 Å². The molecule has 1 N–H and O–H groups in total. The van der Waals surface area contributed by atoms with Gasteiger partial charge in [-0.05, 0) is 25.3 Å². The molecule has 1 aromatic heterocycles. The molecule has 1 fully saturated rings. The number of hydrogen-bond acceptors (Lipinski definition) is 4. The van der Waals surface area contributed by atoms with Crippen molar-refractivity contribution in [2.75, 3.05) is 19.7 Å². The van der Waals surface area contributed by atoms with Crippen molar-refractivity contribution in [3.63, 3.8) is 0 Å². The molecule has 0 atom stereocenters. The molecule has 0 spiro atoms. The van der Waals surface area contributed by atoms with Crippen LogP contribution in [-0.2, 0) is 11.2 Å². The Labute approximate surface area is 128 Å². The third-order valence-corrected chi connectivity index (χ3v) is 4.85. The number of nitrogens with zero attached hydrogens (tertiary/aromatic N) is 1. The fraction of sp³-hybridized carbons (Fsp3) is 0.600. The summed E-state index contributed by atoms with van der Waals surface area (Å²) in [7, 11) is 0. The lowest BCUT2D eigenvalue weighted by Gasteiger charge is -2.20. The Morgan fingerprint density at radius 3 is 2.52 bits per heavy atom. The zero-order chi connectivity index (χ0) is 15.2. The van der Waals surface area contributed by atoms with Gasteiger partial charge in [0.05, 0.1) is 0 Å². The maximum absolute atomic E-state index is 12.1. The van der Waals surface area contributed by atoms with Crippen LogP contribution >= 0.6 is 11.3 Å². The molecule has 1 aromatic rings. The molecule has 0 aliphatic carbocycles. The smallest absolute Gasteiger partial charge is 0.349 e. The Balaban J connectivity index is 1.97. The Morgan fingerprint density at radius 1 is 1.29 bits per heavy atom. The number of rotatable bonds is 5. The fourth-order valence-electron chi connectivity index (χ4n) is 2.40. The second kappa shape index (κ2) is 7.45. The topological polar surface area (TPSA) is 66.8 Å². The lowest BCUT2D eigenvalue weighted by molar-refractivity contribution is -0.133. The number of thiophene rings is 1. The number of carboxylic acids is 1. The summed E-state index contributed by atoms with van der Waals surface area (Å²) >= 11 is 1.21. The van der Waals surface area contributed by atoms with Gasteiger partial charge in [0.25, 0.3) is 5.91 Å². The molecule has 6 heteroatoms. The van der Waals surface area contributed by atoms with Crippen molar-refractivity contribution in [1.29, 1.82) is 0 Å². The van der Waals surface area contributed by atoms with E-state index >= 15 is 0 Å². The van der Waals surface area contributed by atoms with Crippen molar-refractivity contribution in [2.24, 2.45) is 0 Å². The number of aromatic carboxylic acids is 1. The zero-order valence-electron chi connectivity index (χ0n) is 12.3. The van der Waals surface area contributed by atoms with Gasteiger partial charge in [-0.15, -0.1) is 11.3 Å². The summed E-state index contributed by atoms with van der Waals surface area (Å²) in [5.74, 6) is -0.748. The highest BCUT2D eigenvalue weighted by atomic mass is 32.1. The number of aryl methyl sites for hydroxylation is 1. The first-order valence-corrected chi connectivity index (χ1v) is 8.20. The molecule has 0 unspecified atom stereocenters. The standard InChI is InChI=1S/C15H21NO4S/c1-2-11-9-12(14(21-11)15(18)19)20-10-13(17)16-7-5-3-4-6-8-16/h9H,2-8,10H2,1H3,(H,18,19). The van der Waals surface area contributed by atoms with Gasteiger partial charge < -0.3 is 14.7 Å². The molecule has 0 aromatic carbocycles. The third kappa shape index (κ3) is 4.20. The average Bonchev–Trinajstić information content (AvgIpc) is 2.70. The largest absolute Gasteiger partial charge is 0.482 e. The lowest BCUT2D eigenvalue weighted by Crippen LogP contribution is -2.35. The van der Waals surface area contributed by atoms with Crippen LogP contribution in [0.5, 0.6) is 5.75 Å². The van der Waals surface area contributed by atoms with Gasteiger partial charge in [-0.1, -0.05) is 19.8 Å². The molecular formula is C15H21NO4S. The van der Waals surface area contributed by atoms with E-state index in [4.69, 9.17) is 9.84 Å². The van der Waals surface area contributed by atoms with E-state index in [0.29, 0.717) is 5.75 Å². The maximum atomic E-state index is 12.1. The van der Waals surface area contributed by atoms with Crippen molar-refractivity contribution in [3.05, 3.63) is 15.8 Å². The molecule has 21 heavy (non-hydrogen) atoms. The molecule has 1 aliphatic rings. The minimum atomic E-state index is -1.00. The number of likely N-dealkylation sites (tertiary alicyclic amines) is 1. The Bertz CT molecular complexity index is 504. The van der Waals surface area contributed by atoms with E-state index in [0.717, 1.165) is 50.1 Å².